The second-order valence-electron chi connectivity index (χ2n) is 2.54. The number of pyridine rings is 2. The number of halogens is 1. The lowest BCUT2D eigenvalue weighted by Gasteiger charge is -1.81. The molecule has 88 valence electrons. The molecule has 0 N–H and O–H groups in total. The lowest BCUT2D eigenvalue weighted by atomic mass is 10.4. The minimum atomic E-state index is 0.479. The van der Waals surface area contributed by atoms with Crippen LogP contribution < -0.4 is 0 Å². The number of hydrogen-bond donors (Lipinski definition) is 0. The Bertz CT molecular complexity index is 409. The highest BCUT2D eigenvalue weighted by molar-refractivity contribution is 9.10. The molecule has 0 aliphatic rings. The molecule has 0 unspecified atom stereocenters. The quantitative estimate of drug-likeness (QED) is 0.759. The summed E-state index contributed by atoms with van der Waals surface area (Å²) >= 11 is 3.25. The number of aromatic nitrogens is 2. The maximum Gasteiger partial charge on any atom is 0.168 e. The fourth-order valence-electron chi connectivity index (χ4n) is 0.788. The van der Waals surface area contributed by atoms with E-state index < -0.39 is 0 Å². The summed E-state index contributed by atoms with van der Waals surface area (Å²) in [5.74, 6) is 0. The molecule has 0 bridgehead atoms. The molecule has 0 saturated carbocycles. The van der Waals surface area contributed by atoms with E-state index in [4.69, 9.17) is 4.79 Å². The van der Waals surface area contributed by atoms with Gasteiger partial charge >= 0.3 is 0 Å². The summed E-state index contributed by atoms with van der Waals surface area (Å²) in [6, 6.07) is 9.02. The molecule has 5 heteroatoms. The standard InChI is InChI=1S/C6H5NO.C5H4BrN.CH2O/c8-5-6-3-1-2-4-7-6;6-5-2-1-3-7-4-5;1-2/h1-5H;1-4H;1H2. The third-order valence-electron chi connectivity index (χ3n) is 1.43. The lowest BCUT2D eigenvalue weighted by molar-refractivity contribution is -0.0979. The normalized spacial score (nSPS) is 7.82. The zero-order chi connectivity index (χ0) is 12.9. The molecule has 4 nitrogen and oxygen atoms in total. The molecule has 0 aliphatic heterocycles. The molecular weight excluding hydrogens is 284 g/mol. The van der Waals surface area contributed by atoms with E-state index in [1.807, 2.05) is 18.9 Å². The van der Waals surface area contributed by atoms with Gasteiger partial charge in [-0.2, -0.15) is 0 Å². The topological polar surface area (TPSA) is 59.9 Å². The third kappa shape index (κ3) is 7.98. The Morgan fingerprint density at radius 3 is 2.18 bits per heavy atom. The predicted octanol–water partition coefficient (Wildman–Crippen LogP) is 2.55. The van der Waals surface area contributed by atoms with Crippen LogP contribution in [0, 0.1) is 0 Å². The first kappa shape index (κ1) is 15.1. The van der Waals surface area contributed by atoms with Gasteiger partial charge in [0.1, 0.15) is 12.5 Å². The van der Waals surface area contributed by atoms with E-state index in [1.165, 1.54) is 0 Å². The highest BCUT2D eigenvalue weighted by Gasteiger charge is 1.81. The molecule has 0 amide bonds. The molecule has 2 heterocycles. The van der Waals surface area contributed by atoms with Gasteiger partial charge in [-0.15, -0.1) is 0 Å². The largest absolute Gasteiger partial charge is 0.307 e. The van der Waals surface area contributed by atoms with Gasteiger partial charge in [-0.25, -0.2) is 0 Å². The van der Waals surface area contributed by atoms with Gasteiger partial charge in [-0.3, -0.25) is 14.8 Å². The first-order chi connectivity index (χ1) is 8.33. The van der Waals surface area contributed by atoms with Crippen molar-refractivity contribution in [2.75, 3.05) is 0 Å². The SMILES string of the molecule is Brc1cccnc1.C=O.O=Cc1ccccn1. The molecule has 0 spiro atoms. The number of aldehydes is 1. The summed E-state index contributed by atoms with van der Waals surface area (Å²) in [7, 11) is 0. The molecule has 0 saturated heterocycles. The fraction of sp³-hybridized carbons (Fsp3) is 0. The Morgan fingerprint density at radius 2 is 1.88 bits per heavy atom. The highest BCUT2D eigenvalue weighted by atomic mass is 79.9. The second kappa shape index (κ2) is 10.6. The van der Waals surface area contributed by atoms with Gasteiger partial charge in [0.05, 0.1) is 0 Å². The zero-order valence-corrected chi connectivity index (χ0v) is 10.6. The summed E-state index contributed by atoms with van der Waals surface area (Å²) in [5.41, 5.74) is 0.479. The van der Waals surface area contributed by atoms with Crippen LogP contribution in [0.25, 0.3) is 0 Å². The molecule has 0 radical (unpaired) electrons. The van der Waals surface area contributed by atoms with Crippen molar-refractivity contribution in [3.63, 3.8) is 0 Å². The van der Waals surface area contributed by atoms with E-state index in [9.17, 15) is 4.79 Å². The third-order valence-corrected chi connectivity index (χ3v) is 1.90. The van der Waals surface area contributed by atoms with E-state index in [0.29, 0.717) is 5.69 Å². The zero-order valence-electron chi connectivity index (χ0n) is 8.99. The fourth-order valence-corrected chi connectivity index (χ4v) is 1.06. The number of rotatable bonds is 1. The van der Waals surface area contributed by atoms with Crippen LogP contribution in [0.1, 0.15) is 10.5 Å². The van der Waals surface area contributed by atoms with Crippen molar-refractivity contribution < 1.29 is 9.59 Å². The first-order valence-corrected chi connectivity index (χ1v) is 5.33. The van der Waals surface area contributed by atoms with E-state index in [0.717, 1.165) is 10.8 Å². The van der Waals surface area contributed by atoms with Gasteiger partial charge in [-0.05, 0) is 40.2 Å². The summed E-state index contributed by atoms with van der Waals surface area (Å²) < 4.78 is 1.02. The van der Waals surface area contributed by atoms with Crippen molar-refractivity contribution in [1.29, 1.82) is 0 Å². The molecule has 0 fully saturated rings. The second-order valence-corrected chi connectivity index (χ2v) is 3.46. The van der Waals surface area contributed by atoms with E-state index >= 15 is 0 Å². The number of hydrogen-bond acceptors (Lipinski definition) is 4. The summed E-state index contributed by atoms with van der Waals surface area (Å²) in [6.07, 6.45) is 5.80. The molecule has 2 aromatic heterocycles. The van der Waals surface area contributed by atoms with Crippen molar-refractivity contribution in [2.24, 2.45) is 0 Å². The molecule has 2 aromatic rings. The van der Waals surface area contributed by atoms with Crippen molar-refractivity contribution in [3.05, 3.63) is 59.1 Å². The smallest absolute Gasteiger partial charge is 0.168 e. The van der Waals surface area contributed by atoms with Crippen LogP contribution in [0.4, 0.5) is 0 Å². The number of carbonyl (C=O) groups is 2. The molecule has 2 rings (SSSR count). The van der Waals surface area contributed by atoms with Gasteiger partial charge in [0.15, 0.2) is 6.29 Å². The van der Waals surface area contributed by atoms with Crippen LogP contribution in [0.2, 0.25) is 0 Å². The Kier molecular flexibility index (Phi) is 9.46. The van der Waals surface area contributed by atoms with Gasteiger partial charge in [0, 0.05) is 23.1 Å². The van der Waals surface area contributed by atoms with Crippen LogP contribution in [-0.2, 0) is 4.79 Å². The average molecular weight is 295 g/mol. The van der Waals surface area contributed by atoms with E-state index in [1.54, 1.807) is 36.8 Å². The van der Waals surface area contributed by atoms with Crippen molar-refractivity contribution in [2.45, 2.75) is 0 Å². The monoisotopic (exact) mass is 294 g/mol. The van der Waals surface area contributed by atoms with Crippen LogP contribution in [0.3, 0.4) is 0 Å². The number of carbonyl (C=O) groups excluding carboxylic acids is 2. The molecule has 17 heavy (non-hydrogen) atoms. The highest BCUT2D eigenvalue weighted by Crippen LogP contribution is 2.02. The van der Waals surface area contributed by atoms with Crippen LogP contribution in [0.5, 0.6) is 0 Å². The minimum absolute atomic E-state index is 0.479. The Labute approximate surface area is 108 Å². The maximum absolute atomic E-state index is 9.94. The lowest BCUT2D eigenvalue weighted by Crippen LogP contribution is -1.80. The van der Waals surface area contributed by atoms with E-state index in [-0.39, 0.29) is 0 Å². The van der Waals surface area contributed by atoms with Crippen LogP contribution in [-0.4, -0.2) is 23.0 Å². The Balaban J connectivity index is 0.000000265. The molecule has 0 aromatic carbocycles. The Hall–Kier alpha value is -1.88. The van der Waals surface area contributed by atoms with Gasteiger partial charge in [0.25, 0.3) is 0 Å². The van der Waals surface area contributed by atoms with Gasteiger partial charge < -0.3 is 4.79 Å². The Morgan fingerprint density at radius 1 is 1.12 bits per heavy atom. The van der Waals surface area contributed by atoms with E-state index in [2.05, 4.69) is 25.9 Å². The predicted molar refractivity (Wildman–Crippen MR) is 68.7 cm³/mol. The first-order valence-electron chi connectivity index (χ1n) is 4.53. The minimum Gasteiger partial charge on any atom is -0.307 e. The summed E-state index contributed by atoms with van der Waals surface area (Å²) in [5, 5.41) is 0. The number of nitrogens with zero attached hydrogens (tertiary/aromatic N) is 2. The van der Waals surface area contributed by atoms with Crippen molar-refractivity contribution in [3.8, 4) is 0 Å². The van der Waals surface area contributed by atoms with Crippen LogP contribution >= 0.6 is 15.9 Å². The summed E-state index contributed by atoms with van der Waals surface area (Å²) in [4.78, 5) is 25.5. The van der Waals surface area contributed by atoms with Gasteiger partial charge in [-0.1, -0.05) is 6.07 Å². The van der Waals surface area contributed by atoms with Crippen molar-refractivity contribution >= 4 is 29.0 Å². The molecule has 0 aliphatic carbocycles. The average Bonchev–Trinajstić information content (AvgIpc) is 2.43. The maximum atomic E-state index is 9.94. The van der Waals surface area contributed by atoms with Crippen LogP contribution in [0.15, 0.2) is 53.4 Å². The van der Waals surface area contributed by atoms with Crippen molar-refractivity contribution in [1.82, 2.24) is 9.97 Å². The molecule has 0 atom stereocenters. The molecular formula is C12H11BrN2O2. The van der Waals surface area contributed by atoms with Gasteiger partial charge in [0.2, 0.25) is 0 Å². The summed E-state index contributed by atoms with van der Waals surface area (Å²) in [6.45, 7) is 2.00.